The predicted octanol–water partition coefficient (Wildman–Crippen LogP) is 3.49. The zero-order valence-corrected chi connectivity index (χ0v) is 12.7. The highest BCUT2D eigenvalue weighted by molar-refractivity contribution is 5.45. The molecular formula is C19H18O4. The van der Waals surface area contributed by atoms with E-state index in [0.29, 0.717) is 18.6 Å². The molecule has 0 bridgehead atoms. The summed E-state index contributed by atoms with van der Waals surface area (Å²) in [5.74, 6) is 2.43. The molecule has 23 heavy (non-hydrogen) atoms. The fourth-order valence-electron chi connectivity index (χ4n) is 3.97. The fraction of sp³-hybridized carbons (Fsp3) is 0.368. The SMILES string of the molecule is c1ccc([C@H]2OC[C@H]3[C@@H]2CO[C@@H]3c2ccc3c(c2)OCO3)cc1. The fourth-order valence-corrected chi connectivity index (χ4v) is 3.97. The maximum Gasteiger partial charge on any atom is 0.231 e. The van der Waals surface area contributed by atoms with Crippen LogP contribution in [-0.2, 0) is 9.47 Å². The van der Waals surface area contributed by atoms with E-state index in [1.54, 1.807) is 0 Å². The van der Waals surface area contributed by atoms with Crippen molar-refractivity contribution in [1.29, 1.82) is 0 Å². The van der Waals surface area contributed by atoms with Crippen LogP contribution in [0.1, 0.15) is 23.3 Å². The molecule has 2 aromatic carbocycles. The Morgan fingerprint density at radius 2 is 1.39 bits per heavy atom. The van der Waals surface area contributed by atoms with Crippen LogP contribution in [-0.4, -0.2) is 20.0 Å². The highest BCUT2D eigenvalue weighted by atomic mass is 16.7. The molecule has 0 amide bonds. The molecule has 2 aromatic rings. The molecule has 3 aliphatic heterocycles. The Bertz CT molecular complexity index is 715. The summed E-state index contributed by atoms with van der Waals surface area (Å²) in [7, 11) is 0. The summed E-state index contributed by atoms with van der Waals surface area (Å²) in [6.07, 6.45) is 0.212. The summed E-state index contributed by atoms with van der Waals surface area (Å²) in [5.41, 5.74) is 2.40. The van der Waals surface area contributed by atoms with E-state index < -0.39 is 0 Å². The Labute approximate surface area is 134 Å². The first-order valence-electron chi connectivity index (χ1n) is 8.08. The van der Waals surface area contributed by atoms with Crippen LogP contribution in [0.3, 0.4) is 0 Å². The van der Waals surface area contributed by atoms with Gasteiger partial charge in [-0.1, -0.05) is 36.4 Å². The topological polar surface area (TPSA) is 36.9 Å². The number of hydrogen-bond acceptors (Lipinski definition) is 4. The van der Waals surface area contributed by atoms with E-state index in [0.717, 1.165) is 30.3 Å². The lowest BCUT2D eigenvalue weighted by molar-refractivity contribution is 0.0192. The Morgan fingerprint density at radius 3 is 2.17 bits per heavy atom. The van der Waals surface area contributed by atoms with Crippen molar-refractivity contribution in [1.82, 2.24) is 0 Å². The number of hydrogen-bond donors (Lipinski definition) is 0. The van der Waals surface area contributed by atoms with Gasteiger partial charge in [-0.25, -0.2) is 0 Å². The lowest BCUT2D eigenvalue weighted by Gasteiger charge is -2.17. The molecule has 3 aliphatic rings. The van der Waals surface area contributed by atoms with Crippen LogP contribution in [0.5, 0.6) is 11.5 Å². The zero-order chi connectivity index (χ0) is 15.2. The third-order valence-electron chi connectivity index (χ3n) is 5.12. The second kappa shape index (κ2) is 5.25. The van der Waals surface area contributed by atoms with Crippen molar-refractivity contribution in [2.75, 3.05) is 20.0 Å². The Balaban J connectivity index is 1.41. The van der Waals surface area contributed by atoms with Gasteiger partial charge in [0.05, 0.1) is 25.4 Å². The van der Waals surface area contributed by atoms with Crippen LogP contribution >= 0.6 is 0 Å². The quantitative estimate of drug-likeness (QED) is 0.851. The lowest BCUT2D eigenvalue weighted by atomic mass is 9.85. The van der Waals surface area contributed by atoms with Crippen molar-refractivity contribution in [2.45, 2.75) is 12.2 Å². The molecule has 0 N–H and O–H groups in total. The number of fused-ring (bicyclic) bond motifs is 2. The summed E-state index contributed by atoms with van der Waals surface area (Å²) in [6, 6.07) is 16.5. The van der Waals surface area contributed by atoms with Crippen molar-refractivity contribution in [3.05, 3.63) is 59.7 Å². The highest BCUT2D eigenvalue weighted by Crippen LogP contribution is 2.51. The van der Waals surface area contributed by atoms with Crippen molar-refractivity contribution in [3.63, 3.8) is 0 Å². The molecule has 0 saturated carbocycles. The van der Waals surface area contributed by atoms with Gasteiger partial charge >= 0.3 is 0 Å². The van der Waals surface area contributed by atoms with Crippen molar-refractivity contribution >= 4 is 0 Å². The van der Waals surface area contributed by atoms with Crippen molar-refractivity contribution < 1.29 is 18.9 Å². The Morgan fingerprint density at radius 1 is 0.696 bits per heavy atom. The van der Waals surface area contributed by atoms with E-state index in [-0.39, 0.29) is 12.2 Å². The molecule has 0 radical (unpaired) electrons. The van der Waals surface area contributed by atoms with Crippen LogP contribution < -0.4 is 9.47 Å². The summed E-state index contributed by atoms with van der Waals surface area (Å²) in [5, 5.41) is 0. The standard InChI is InChI=1S/C19H18O4/c1-2-4-12(5-3-1)18-14-9-21-19(15(14)10-20-18)13-6-7-16-17(8-13)23-11-22-16/h1-8,14-15,18-19H,9-11H2/t14-,15-,18+,19+/m0/s1. The van der Waals surface area contributed by atoms with E-state index in [1.165, 1.54) is 5.56 Å². The van der Waals surface area contributed by atoms with E-state index in [9.17, 15) is 0 Å². The average molecular weight is 310 g/mol. The van der Waals surface area contributed by atoms with Gasteiger partial charge < -0.3 is 18.9 Å². The van der Waals surface area contributed by atoms with E-state index in [1.807, 2.05) is 18.2 Å². The molecular weight excluding hydrogens is 292 g/mol. The molecule has 0 spiro atoms. The first-order chi connectivity index (χ1) is 11.4. The van der Waals surface area contributed by atoms with Crippen LogP contribution in [0.4, 0.5) is 0 Å². The van der Waals surface area contributed by atoms with Gasteiger partial charge in [-0.2, -0.15) is 0 Å². The third kappa shape index (κ3) is 2.13. The van der Waals surface area contributed by atoms with Gasteiger partial charge in [-0.3, -0.25) is 0 Å². The number of ether oxygens (including phenoxy) is 4. The van der Waals surface area contributed by atoms with Crippen LogP contribution in [0.25, 0.3) is 0 Å². The minimum atomic E-state index is 0.0724. The predicted molar refractivity (Wildman–Crippen MR) is 83.4 cm³/mol. The normalized spacial score (nSPS) is 31.3. The lowest BCUT2D eigenvalue weighted by Crippen LogP contribution is -2.14. The van der Waals surface area contributed by atoms with Gasteiger partial charge in [0.1, 0.15) is 0 Å². The maximum atomic E-state index is 6.14. The monoisotopic (exact) mass is 310 g/mol. The van der Waals surface area contributed by atoms with E-state index in [2.05, 4.69) is 30.3 Å². The molecule has 118 valence electrons. The smallest absolute Gasteiger partial charge is 0.231 e. The number of benzene rings is 2. The molecule has 0 unspecified atom stereocenters. The van der Waals surface area contributed by atoms with Gasteiger partial charge in [0.2, 0.25) is 6.79 Å². The molecule has 4 nitrogen and oxygen atoms in total. The second-order valence-corrected chi connectivity index (χ2v) is 6.36. The van der Waals surface area contributed by atoms with E-state index >= 15 is 0 Å². The summed E-state index contributed by atoms with van der Waals surface area (Å²) in [4.78, 5) is 0. The molecule has 3 heterocycles. The molecule has 2 saturated heterocycles. The molecule has 4 heteroatoms. The maximum absolute atomic E-state index is 6.14. The van der Waals surface area contributed by atoms with Crippen molar-refractivity contribution in [2.24, 2.45) is 11.8 Å². The summed E-state index contributed by atoms with van der Waals surface area (Å²) >= 11 is 0. The van der Waals surface area contributed by atoms with Gasteiger partial charge in [0.25, 0.3) is 0 Å². The largest absolute Gasteiger partial charge is 0.454 e. The van der Waals surface area contributed by atoms with Crippen LogP contribution in [0.2, 0.25) is 0 Å². The van der Waals surface area contributed by atoms with Gasteiger partial charge in [0, 0.05) is 11.8 Å². The van der Waals surface area contributed by atoms with Gasteiger partial charge in [0.15, 0.2) is 11.5 Å². The van der Waals surface area contributed by atoms with Crippen LogP contribution in [0.15, 0.2) is 48.5 Å². The first-order valence-corrected chi connectivity index (χ1v) is 8.08. The average Bonchev–Trinajstić information content (AvgIpc) is 3.30. The minimum Gasteiger partial charge on any atom is -0.454 e. The van der Waals surface area contributed by atoms with Crippen molar-refractivity contribution in [3.8, 4) is 11.5 Å². The highest BCUT2D eigenvalue weighted by Gasteiger charge is 2.48. The molecule has 2 fully saturated rings. The molecule has 0 aliphatic carbocycles. The Kier molecular flexibility index (Phi) is 3.06. The van der Waals surface area contributed by atoms with Gasteiger partial charge in [-0.05, 0) is 23.3 Å². The van der Waals surface area contributed by atoms with E-state index in [4.69, 9.17) is 18.9 Å². The molecule has 4 atom stereocenters. The minimum absolute atomic E-state index is 0.0724. The zero-order valence-electron chi connectivity index (χ0n) is 12.7. The number of rotatable bonds is 2. The molecule has 0 aromatic heterocycles. The molecule has 5 rings (SSSR count). The summed E-state index contributed by atoms with van der Waals surface area (Å²) in [6.45, 7) is 1.78. The first kappa shape index (κ1) is 13.4. The Hall–Kier alpha value is -2.04. The third-order valence-corrected chi connectivity index (χ3v) is 5.12. The van der Waals surface area contributed by atoms with Crippen LogP contribution in [0, 0.1) is 11.8 Å². The second-order valence-electron chi connectivity index (χ2n) is 6.36. The summed E-state index contributed by atoms with van der Waals surface area (Å²) < 4.78 is 23.1. The van der Waals surface area contributed by atoms with Gasteiger partial charge in [-0.15, -0.1) is 0 Å².